The Bertz CT molecular complexity index is 822. The van der Waals surface area contributed by atoms with E-state index in [-0.39, 0.29) is 43.2 Å². The Morgan fingerprint density at radius 2 is 1.70 bits per heavy atom. The van der Waals surface area contributed by atoms with E-state index in [1.807, 2.05) is 24.3 Å². The monoisotopic (exact) mass is 414 g/mol. The van der Waals surface area contributed by atoms with E-state index in [2.05, 4.69) is 5.32 Å². The first-order valence-electron chi connectivity index (χ1n) is 10.0. The Morgan fingerprint density at radius 1 is 1.10 bits per heavy atom. The van der Waals surface area contributed by atoms with Gasteiger partial charge in [-0.25, -0.2) is 0 Å². The molecular weight excluding hydrogens is 388 g/mol. The predicted octanol–water partition coefficient (Wildman–Crippen LogP) is 1.58. The molecule has 8 heteroatoms. The molecule has 1 saturated heterocycles. The van der Waals surface area contributed by atoms with Crippen LogP contribution in [0.3, 0.4) is 0 Å². The lowest BCUT2D eigenvalue weighted by Crippen LogP contribution is -2.37. The van der Waals surface area contributed by atoms with Crippen LogP contribution in [0.1, 0.15) is 31.7 Å². The van der Waals surface area contributed by atoms with Crippen molar-refractivity contribution in [3.63, 3.8) is 0 Å². The number of imide groups is 1. The first-order valence-corrected chi connectivity index (χ1v) is 10.0. The highest BCUT2D eigenvalue weighted by Gasteiger charge is 2.47. The molecule has 0 spiro atoms. The normalized spacial score (nSPS) is 21.2. The number of likely N-dealkylation sites (tertiary alicyclic amines) is 1. The third-order valence-corrected chi connectivity index (χ3v) is 5.44. The Labute approximate surface area is 175 Å². The maximum atomic E-state index is 12.4. The summed E-state index contributed by atoms with van der Waals surface area (Å²) in [6.07, 6.45) is 3.82. The molecule has 1 aliphatic heterocycles. The summed E-state index contributed by atoms with van der Waals surface area (Å²) in [5, 5.41) is 2.70. The SMILES string of the molecule is COc1ccc(CNC(=O)[C@@H](C)OC(=O)CCN2C(=O)[C@H]3CC=CC[C@H]3C2=O)cc1. The Morgan fingerprint density at radius 3 is 2.27 bits per heavy atom. The van der Waals surface area contributed by atoms with Crippen LogP contribution in [0.2, 0.25) is 0 Å². The number of carbonyl (C=O) groups is 4. The van der Waals surface area contributed by atoms with E-state index in [4.69, 9.17) is 9.47 Å². The standard InChI is InChI=1S/C22H26N2O6/c1-14(20(26)23-13-15-7-9-16(29-2)10-8-15)30-19(25)11-12-24-21(27)17-5-3-4-6-18(17)22(24)28/h3-4,7-10,14,17-18H,5-6,11-13H2,1-2H3,(H,23,26)/t14-,17-,18+/m1/s1. The van der Waals surface area contributed by atoms with Crippen LogP contribution in [0.15, 0.2) is 36.4 Å². The van der Waals surface area contributed by atoms with Gasteiger partial charge in [0, 0.05) is 13.1 Å². The topological polar surface area (TPSA) is 102 Å². The molecule has 3 rings (SSSR count). The second kappa shape index (κ2) is 9.56. The highest BCUT2D eigenvalue weighted by atomic mass is 16.5. The minimum Gasteiger partial charge on any atom is -0.497 e. The van der Waals surface area contributed by atoms with Crippen molar-refractivity contribution in [2.24, 2.45) is 11.8 Å². The van der Waals surface area contributed by atoms with E-state index in [1.54, 1.807) is 19.2 Å². The Kier molecular flexibility index (Phi) is 6.87. The van der Waals surface area contributed by atoms with Gasteiger partial charge in [-0.15, -0.1) is 0 Å². The van der Waals surface area contributed by atoms with Gasteiger partial charge in [-0.3, -0.25) is 24.1 Å². The van der Waals surface area contributed by atoms with Crippen LogP contribution in [-0.4, -0.2) is 48.3 Å². The van der Waals surface area contributed by atoms with Gasteiger partial charge >= 0.3 is 5.97 Å². The largest absolute Gasteiger partial charge is 0.497 e. The minimum atomic E-state index is -0.979. The summed E-state index contributed by atoms with van der Waals surface area (Å²) in [6, 6.07) is 7.23. The van der Waals surface area contributed by atoms with Crippen molar-refractivity contribution >= 4 is 23.7 Å². The molecule has 160 valence electrons. The van der Waals surface area contributed by atoms with Gasteiger partial charge in [-0.1, -0.05) is 24.3 Å². The van der Waals surface area contributed by atoms with Crippen LogP contribution >= 0.6 is 0 Å². The maximum absolute atomic E-state index is 12.4. The summed E-state index contributed by atoms with van der Waals surface area (Å²) >= 11 is 0. The fraction of sp³-hybridized carbons (Fsp3) is 0.455. The van der Waals surface area contributed by atoms with E-state index in [1.165, 1.54) is 6.92 Å². The molecule has 3 amide bonds. The van der Waals surface area contributed by atoms with Gasteiger partial charge in [0.15, 0.2) is 6.10 Å². The summed E-state index contributed by atoms with van der Waals surface area (Å²) in [7, 11) is 1.58. The van der Waals surface area contributed by atoms with E-state index in [0.29, 0.717) is 12.8 Å². The van der Waals surface area contributed by atoms with Gasteiger partial charge < -0.3 is 14.8 Å². The van der Waals surface area contributed by atoms with Crippen molar-refractivity contribution in [3.05, 3.63) is 42.0 Å². The summed E-state index contributed by atoms with van der Waals surface area (Å²) in [5.41, 5.74) is 0.879. The summed E-state index contributed by atoms with van der Waals surface area (Å²) < 4.78 is 10.2. The number of nitrogens with one attached hydrogen (secondary N) is 1. The zero-order valence-corrected chi connectivity index (χ0v) is 17.1. The number of methoxy groups -OCH3 is 1. The van der Waals surface area contributed by atoms with E-state index in [9.17, 15) is 19.2 Å². The fourth-order valence-corrected chi connectivity index (χ4v) is 3.68. The first-order chi connectivity index (χ1) is 14.4. The predicted molar refractivity (Wildman–Crippen MR) is 107 cm³/mol. The smallest absolute Gasteiger partial charge is 0.308 e. The quantitative estimate of drug-likeness (QED) is 0.394. The number of esters is 1. The summed E-state index contributed by atoms with van der Waals surface area (Å²) in [5.74, 6) is -1.43. The van der Waals surface area contributed by atoms with Crippen LogP contribution in [0.25, 0.3) is 0 Å². The van der Waals surface area contributed by atoms with Gasteiger partial charge in [0.2, 0.25) is 11.8 Å². The van der Waals surface area contributed by atoms with Gasteiger partial charge in [0.25, 0.3) is 5.91 Å². The Balaban J connectivity index is 1.42. The third-order valence-electron chi connectivity index (χ3n) is 5.44. The maximum Gasteiger partial charge on any atom is 0.308 e. The number of rotatable bonds is 8. The zero-order valence-electron chi connectivity index (χ0n) is 17.1. The lowest BCUT2D eigenvalue weighted by Gasteiger charge is -2.16. The molecule has 1 aliphatic carbocycles. The average Bonchev–Trinajstić information content (AvgIpc) is 3.01. The number of nitrogens with zero attached hydrogens (tertiary/aromatic N) is 1. The van der Waals surface area contributed by atoms with E-state index >= 15 is 0 Å². The number of benzene rings is 1. The fourth-order valence-electron chi connectivity index (χ4n) is 3.68. The highest BCUT2D eigenvalue weighted by Crippen LogP contribution is 2.35. The molecule has 1 fully saturated rings. The van der Waals surface area contributed by atoms with Crippen LogP contribution in [-0.2, 0) is 30.5 Å². The minimum absolute atomic E-state index is 0.0241. The van der Waals surface area contributed by atoms with Crippen molar-refractivity contribution < 1.29 is 28.7 Å². The van der Waals surface area contributed by atoms with E-state index in [0.717, 1.165) is 16.2 Å². The lowest BCUT2D eigenvalue weighted by molar-refractivity contribution is -0.155. The molecular formula is C22H26N2O6. The zero-order chi connectivity index (χ0) is 21.7. The van der Waals surface area contributed by atoms with Crippen molar-refractivity contribution in [2.45, 2.75) is 38.8 Å². The molecule has 0 saturated carbocycles. The molecule has 1 heterocycles. The van der Waals surface area contributed by atoms with E-state index < -0.39 is 18.0 Å². The molecule has 8 nitrogen and oxygen atoms in total. The van der Waals surface area contributed by atoms with Crippen LogP contribution in [0.4, 0.5) is 0 Å². The lowest BCUT2D eigenvalue weighted by atomic mass is 9.85. The van der Waals surface area contributed by atoms with Crippen LogP contribution < -0.4 is 10.1 Å². The number of carbonyl (C=O) groups excluding carboxylic acids is 4. The molecule has 1 N–H and O–H groups in total. The van der Waals surface area contributed by atoms with Crippen LogP contribution in [0, 0.1) is 11.8 Å². The van der Waals surface area contributed by atoms with Gasteiger partial charge in [-0.2, -0.15) is 0 Å². The molecule has 0 radical (unpaired) electrons. The van der Waals surface area contributed by atoms with Crippen LogP contribution in [0.5, 0.6) is 5.75 Å². The summed E-state index contributed by atoms with van der Waals surface area (Å²) in [6.45, 7) is 1.75. The number of allylic oxidation sites excluding steroid dienone is 2. The van der Waals surface area contributed by atoms with Crippen molar-refractivity contribution in [1.82, 2.24) is 10.2 Å². The molecule has 30 heavy (non-hydrogen) atoms. The van der Waals surface area contributed by atoms with Crippen molar-refractivity contribution in [1.29, 1.82) is 0 Å². The molecule has 0 bridgehead atoms. The number of amides is 3. The molecule has 0 aromatic heterocycles. The molecule has 1 aromatic carbocycles. The van der Waals surface area contributed by atoms with Gasteiger partial charge in [0.05, 0.1) is 25.4 Å². The van der Waals surface area contributed by atoms with Crippen molar-refractivity contribution in [3.8, 4) is 5.75 Å². The highest BCUT2D eigenvalue weighted by molar-refractivity contribution is 6.05. The van der Waals surface area contributed by atoms with Gasteiger partial charge in [0.1, 0.15) is 5.75 Å². The average molecular weight is 414 g/mol. The van der Waals surface area contributed by atoms with Gasteiger partial charge in [-0.05, 0) is 37.5 Å². The Hall–Kier alpha value is -3.16. The third kappa shape index (κ3) is 4.87. The second-order valence-electron chi connectivity index (χ2n) is 7.43. The summed E-state index contributed by atoms with van der Waals surface area (Å²) in [4.78, 5) is 50.2. The molecule has 2 aliphatic rings. The number of hydrogen-bond donors (Lipinski definition) is 1. The molecule has 1 aromatic rings. The second-order valence-corrected chi connectivity index (χ2v) is 7.43. The molecule has 0 unspecified atom stereocenters. The number of ether oxygens (including phenoxy) is 2. The first kappa shape index (κ1) is 21.5. The number of fused-ring (bicyclic) bond motifs is 1. The van der Waals surface area contributed by atoms with Crippen molar-refractivity contribution in [2.75, 3.05) is 13.7 Å². The number of hydrogen-bond acceptors (Lipinski definition) is 6. The molecule has 3 atom stereocenters.